The highest BCUT2D eigenvalue weighted by atomic mass is 19.4. The number of alkyl halides is 3. The average Bonchev–Trinajstić information content (AvgIpc) is 2.14. The van der Waals surface area contributed by atoms with Crippen molar-refractivity contribution in [2.45, 2.75) is 26.1 Å². The van der Waals surface area contributed by atoms with Crippen LogP contribution in [0.2, 0.25) is 0 Å². The van der Waals surface area contributed by atoms with Crippen LogP contribution < -0.4 is 0 Å². The monoisotopic (exact) mass is 218 g/mol. The van der Waals surface area contributed by atoms with Gasteiger partial charge in [0.25, 0.3) is 0 Å². The van der Waals surface area contributed by atoms with Gasteiger partial charge in [0.05, 0.1) is 11.7 Å². The van der Waals surface area contributed by atoms with Crippen LogP contribution in [0.15, 0.2) is 18.2 Å². The first-order valence-electron chi connectivity index (χ1n) is 4.56. The molecule has 1 nitrogen and oxygen atoms in total. The summed E-state index contributed by atoms with van der Waals surface area (Å²) < 4.78 is 42.4. The molecule has 0 spiro atoms. The molecule has 1 aromatic carbocycles. The molecule has 0 heterocycles. The van der Waals surface area contributed by atoms with E-state index >= 15 is 0 Å². The second kappa shape index (κ2) is 4.23. The first-order chi connectivity index (χ1) is 6.84. The highest BCUT2D eigenvalue weighted by Gasteiger charge is 2.31. The zero-order valence-corrected chi connectivity index (χ0v) is 8.85. The van der Waals surface area contributed by atoms with Crippen molar-refractivity contribution < 1.29 is 17.9 Å². The van der Waals surface area contributed by atoms with Crippen LogP contribution in [0.5, 0.6) is 0 Å². The van der Waals surface area contributed by atoms with E-state index in [1.807, 2.05) is 0 Å². The van der Waals surface area contributed by atoms with E-state index < -0.39 is 11.7 Å². The maximum Gasteiger partial charge on any atom is 0.416 e. The van der Waals surface area contributed by atoms with Crippen LogP contribution in [0.1, 0.15) is 29.7 Å². The minimum atomic E-state index is -4.30. The molecule has 1 aromatic rings. The number of hydrogen-bond acceptors (Lipinski definition) is 1. The van der Waals surface area contributed by atoms with Gasteiger partial charge in [0, 0.05) is 7.11 Å². The van der Waals surface area contributed by atoms with Gasteiger partial charge in [0.15, 0.2) is 0 Å². The number of benzene rings is 1. The third kappa shape index (κ3) is 2.96. The van der Waals surface area contributed by atoms with Gasteiger partial charge in [0.1, 0.15) is 0 Å². The Kier molecular flexibility index (Phi) is 3.39. The molecule has 1 unspecified atom stereocenters. The third-order valence-corrected chi connectivity index (χ3v) is 2.25. The van der Waals surface area contributed by atoms with Crippen LogP contribution in [-0.4, -0.2) is 7.11 Å². The lowest BCUT2D eigenvalue weighted by molar-refractivity contribution is -0.137. The fourth-order valence-electron chi connectivity index (χ4n) is 1.35. The Bertz CT molecular complexity index is 344. The highest BCUT2D eigenvalue weighted by molar-refractivity contribution is 5.32. The lowest BCUT2D eigenvalue weighted by Gasteiger charge is -2.14. The first-order valence-corrected chi connectivity index (χ1v) is 4.56. The Balaban J connectivity index is 3.17. The van der Waals surface area contributed by atoms with Crippen molar-refractivity contribution >= 4 is 0 Å². The normalized spacial score (nSPS) is 14.0. The van der Waals surface area contributed by atoms with Crippen molar-refractivity contribution in [3.63, 3.8) is 0 Å². The summed E-state index contributed by atoms with van der Waals surface area (Å²) in [5, 5.41) is 0. The molecule has 1 rings (SSSR count). The molecule has 0 saturated heterocycles. The second-order valence-corrected chi connectivity index (χ2v) is 3.51. The SMILES string of the molecule is COC(C)c1cc(C)cc(C(F)(F)F)c1. The summed E-state index contributed by atoms with van der Waals surface area (Å²) in [5.41, 5.74) is 0.509. The molecule has 84 valence electrons. The molecule has 0 saturated carbocycles. The van der Waals surface area contributed by atoms with Gasteiger partial charge in [-0.1, -0.05) is 11.6 Å². The van der Waals surface area contributed by atoms with Crippen LogP contribution in [0.25, 0.3) is 0 Å². The molecule has 0 aromatic heterocycles. The van der Waals surface area contributed by atoms with Gasteiger partial charge >= 0.3 is 6.18 Å². The topological polar surface area (TPSA) is 9.23 Å². The number of rotatable bonds is 2. The van der Waals surface area contributed by atoms with E-state index in [4.69, 9.17) is 4.74 Å². The number of aryl methyl sites for hydroxylation is 1. The number of hydrogen-bond donors (Lipinski definition) is 0. The van der Waals surface area contributed by atoms with Gasteiger partial charge in [-0.3, -0.25) is 0 Å². The molecule has 15 heavy (non-hydrogen) atoms. The summed E-state index contributed by atoms with van der Waals surface area (Å²) in [6.45, 7) is 3.36. The fourth-order valence-corrected chi connectivity index (χ4v) is 1.35. The van der Waals surface area contributed by atoms with Crippen LogP contribution in [0, 0.1) is 6.92 Å². The summed E-state index contributed by atoms with van der Waals surface area (Å²) >= 11 is 0. The molecule has 0 aliphatic carbocycles. The Morgan fingerprint density at radius 1 is 1.20 bits per heavy atom. The zero-order valence-electron chi connectivity index (χ0n) is 8.85. The molecular formula is C11H13F3O. The molecule has 0 bridgehead atoms. The standard InChI is InChI=1S/C11H13F3O/c1-7-4-9(8(2)15-3)6-10(5-7)11(12,13)14/h4-6,8H,1-3H3. The summed E-state index contributed by atoms with van der Waals surface area (Å²) in [6, 6.07) is 3.95. The predicted molar refractivity (Wildman–Crippen MR) is 51.6 cm³/mol. The summed E-state index contributed by atoms with van der Waals surface area (Å²) in [4.78, 5) is 0. The molecule has 0 radical (unpaired) electrons. The lowest BCUT2D eigenvalue weighted by Crippen LogP contribution is -2.07. The number of halogens is 3. The summed E-state index contributed by atoms with van der Waals surface area (Å²) in [6.07, 6.45) is -4.63. The molecule has 0 aliphatic heterocycles. The quantitative estimate of drug-likeness (QED) is 0.735. The number of ether oxygens (including phenoxy) is 1. The maximum atomic E-state index is 12.5. The van der Waals surface area contributed by atoms with E-state index in [9.17, 15) is 13.2 Å². The Labute approximate surface area is 86.9 Å². The van der Waals surface area contributed by atoms with Gasteiger partial charge < -0.3 is 4.74 Å². The zero-order chi connectivity index (χ0) is 11.6. The Morgan fingerprint density at radius 3 is 2.27 bits per heavy atom. The van der Waals surface area contributed by atoms with Crippen LogP contribution in [0.3, 0.4) is 0 Å². The first kappa shape index (κ1) is 12.0. The van der Waals surface area contributed by atoms with E-state index in [0.717, 1.165) is 12.1 Å². The molecular weight excluding hydrogens is 205 g/mol. The highest BCUT2D eigenvalue weighted by Crippen LogP contribution is 2.32. The Hall–Kier alpha value is -1.03. The van der Waals surface area contributed by atoms with Crippen molar-refractivity contribution in [1.82, 2.24) is 0 Å². The fraction of sp³-hybridized carbons (Fsp3) is 0.455. The second-order valence-electron chi connectivity index (χ2n) is 3.51. The molecule has 0 fully saturated rings. The lowest BCUT2D eigenvalue weighted by atomic mass is 10.0. The van der Waals surface area contributed by atoms with E-state index in [1.54, 1.807) is 19.9 Å². The van der Waals surface area contributed by atoms with E-state index in [2.05, 4.69) is 0 Å². The van der Waals surface area contributed by atoms with Crippen LogP contribution >= 0.6 is 0 Å². The van der Waals surface area contributed by atoms with Crippen molar-refractivity contribution in [3.05, 3.63) is 34.9 Å². The molecule has 4 heteroatoms. The molecule has 0 aliphatic rings. The number of methoxy groups -OCH3 is 1. The van der Waals surface area contributed by atoms with Crippen molar-refractivity contribution in [1.29, 1.82) is 0 Å². The minimum Gasteiger partial charge on any atom is -0.377 e. The molecule has 0 N–H and O–H groups in total. The maximum absolute atomic E-state index is 12.5. The van der Waals surface area contributed by atoms with Crippen LogP contribution in [0.4, 0.5) is 13.2 Å². The molecule has 0 amide bonds. The summed E-state index contributed by atoms with van der Waals surface area (Å²) in [5.74, 6) is 0. The average molecular weight is 218 g/mol. The van der Waals surface area contributed by atoms with Gasteiger partial charge in [0.2, 0.25) is 0 Å². The van der Waals surface area contributed by atoms with Crippen molar-refractivity contribution in [2.24, 2.45) is 0 Å². The smallest absolute Gasteiger partial charge is 0.377 e. The van der Waals surface area contributed by atoms with Gasteiger partial charge in [-0.05, 0) is 31.5 Å². The van der Waals surface area contributed by atoms with E-state index in [0.29, 0.717) is 11.1 Å². The van der Waals surface area contributed by atoms with Crippen molar-refractivity contribution in [2.75, 3.05) is 7.11 Å². The van der Waals surface area contributed by atoms with Gasteiger partial charge in [-0.2, -0.15) is 13.2 Å². The van der Waals surface area contributed by atoms with E-state index in [-0.39, 0.29) is 6.10 Å². The van der Waals surface area contributed by atoms with Gasteiger partial charge in [-0.25, -0.2) is 0 Å². The Morgan fingerprint density at radius 2 is 1.80 bits per heavy atom. The van der Waals surface area contributed by atoms with E-state index in [1.165, 1.54) is 7.11 Å². The van der Waals surface area contributed by atoms with Gasteiger partial charge in [-0.15, -0.1) is 0 Å². The van der Waals surface area contributed by atoms with Crippen LogP contribution in [-0.2, 0) is 10.9 Å². The third-order valence-electron chi connectivity index (χ3n) is 2.25. The molecule has 1 atom stereocenters. The predicted octanol–water partition coefficient (Wildman–Crippen LogP) is 3.72. The largest absolute Gasteiger partial charge is 0.416 e. The van der Waals surface area contributed by atoms with Crippen molar-refractivity contribution in [3.8, 4) is 0 Å². The summed E-state index contributed by atoms with van der Waals surface area (Å²) in [7, 11) is 1.47. The minimum absolute atomic E-state index is 0.328.